The van der Waals surface area contributed by atoms with E-state index in [1.54, 1.807) is 30.3 Å². The molecule has 0 saturated carbocycles. The van der Waals surface area contributed by atoms with Crippen molar-refractivity contribution in [1.82, 2.24) is 16.0 Å². The topological polar surface area (TPSA) is 301 Å². The van der Waals surface area contributed by atoms with Crippen molar-refractivity contribution in [3.05, 3.63) is 35.9 Å². The average Bonchev–Trinajstić information content (AvgIpc) is 2.87. The highest BCUT2D eigenvalue weighted by Gasteiger charge is 2.31. The molecule has 5 amide bonds. The zero-order chi connectivity index (χ0) is 30.2. The van der Waals surface area contributed by atoms with Gasteiger partial charge in [-0.25, -0.2) is 4.79 Å². The number of hydrogen-bond donors (Lipinski definition) is 9. The van der Waals surface area contributed by atoms with E-state index in [9.17, 15) is 33.9 Å². The summed E-state index contributed by atoms with van der Waals surface area (Å²) >= 11 is 0. The van der Waals surface area contributed by atoms with Gasteiger partial charge in [0.15, 0.2) is 5.96 Å². The van der Waals surface area contributed by atoms with Crippen molar-refractivity contribution in [2.75, 3.05) is 6.54 Å². The van der Waals surface area contributed by atoms with Crippen molar-refractivity contribution in [2.24, 2.45) is 33.7 Å². The molecule has 0 radical (unpaired) electrons. The number of amides is 5. The summed E-state index contributed by atoms with van der Waals surface area (Å²) in [7, 11) is 0. The number of guanidine groups is 1. The van der Waals surface area contributed by atoms with Crippen LogP contribution in [-0.2, 0) is 35.2 Å². The van der Waals surface area contributed by atoms with E-state index in [2.05, 4.69) is 20.9 Å². The number of nitrogens with two attached hydrogens (primary N) is 5. The number of carboxylic acid groups (broad SMARTS) is 1. The van der Waals surface area contributed by atoms with Crippen LogP contribution in [0, 0.1) is 0 Å². The summed E-state index contributed by atoms with van der Waals surface area (Å²) in [5.74, 6) is -5.74. The second-order valence-electron chi connectivity index (χ2n) is 8.94. The summed E-state index contributed by atoms with van der Waals surface area (Å²) in [4.78, 5) is 76.8. The molecule has 0 aliphatic carbocycles. The van der Waals surface area contributed by atoms with Gasteiger partial charge in [0.2, 0.25) is 29.5 Å². The molecule has 1 aromatic rings. The van der Waals surface area contributed by atoms with E-state index in [4.69, 9.17) is 28.7 Å². The maximum Gasteiger partial charge on any atom is 0.326 e. The highest BCUT2D eigenvalue weighted by atomic mass is 16.4. The fraction of sp³-hybridized carbons (Fsp3) is 0.458. The molecule has 14 N–H and O–H groups in total. The minimum Gasteiger partial charge on any atom is -0.480 e. The number of nitrogens with one attached hydrogen (secondary N) is 3. The summed E-state index contributed by atoms with van der Waals surface area (Å²) in [5.41, 5.74) is 27.3. The van der Waals surface area contributed by atoms with E-state index < -0.39 is 66.1 Å². The Balaban J connectivity index is 3.07. The van der Waals surface area contributed by atoms with Crippen molar-refractivity contribution in [3.63, 3.8) is 0 Å². The number of primary amides is 2. The second kappa shape index (κ2) is 17.0. The molecular weight excluding hydrogens is 526 g/mol. The first kappa shape index (κ1) is 33.3. The smallest absolute Gasteiger partial charge is 0.326 e. The second-order valence-corrected chi connectivity index (χ2v) is 8.94. The van der Waals surface area contributed by atoms with Gasteiger partial charge >= 0.3 is 5.97 Å². The summed E-state index contributed by atoms with van der Waals surface area (Å²) in [5, 5.41) is 16.8. The molecule has 4 unspecified atom stereocenters. The molecule has 0 saturated heterocycles. The molecule has 0 fully saturated rings. The van der Waals surface area contributed by atoms with Gasteiger partial charge in [-0.15, -0.1) is 0 Å². The fourth-order valence-electron chi connectivity index (χ4n) is 3.48. The molecule has 0 aliphatic rings. The number of rotatable bonds is 18. The van der Waals surface area contributed by atoms with Gasteiger partial charge in [-0.1, -0.05) is 30.3 Å². The van der Waals surface area contributed by atoms with Crippen molar-refractivity contribution in [3.8, 4) is 0 Å². The zero-order valence-electron chi connectivity index (χ0n) is 21.9. The summed E-state index contributed by atoms with van der Waals surface area (Å²) in [6.07, 6.45) is -0.778. The molecule has 0 aromatic heterocycles. The number of benzene rings is 1. The van der Waals surface area contributed by atoms with Crippen LogP contribution in [0.1, 0.15) is 37.7 Å². The van der Waals surface area contributed by atoms with E-state index in [1.807, 2.05) is 0 Å². The molecule has 1 rings (SSSR count). The molecule has 0 aliphatic heterocycles. The number of nitrogens with zero attached hydrogens (tertiary/aromatic N) is 1. The molecule has 0 bridgehead atoms. The third kappa shape index (κ3) is 13.2. The molecule has 16 nitrogen and oxygen atoms in total. The van der Waals surface area contributed by atoms with Crippen LogP contribution in [0.2, 0.25) is 0 Å². The summed E-state index contributed by atoms with van der Waals surface area (Å²) in [6, 6.07) is 3.23. The van der Waals surface area contributed by atoms with Crippen LogP contribution in [-0.4, -0.2) is 77.3 Å². The third-order valence-corrected chi connectivity index (χ3v) is 5.55. The number of aliphatic carboxylic acids is 1. The largest absolute Gasteiger partial charge is 0.480 e. The number of aliphatic imine (C=N–C) groups is 1. The molecule has 16 heteroatoms. The SMILES string of the molecule is NC(=O)CCC(N)C(=O)NC(CC(N)=O)C(=O)NC(CCCN=C(N)N)C(=O)NC(Cc1ccccc1)C(=O)O. The molecule has 4 atom stereocenters. The molecule has 0 heterocycles. The highest BCUT2D eigenvalue weighted by molar-refractivity contribution is 5.96. The highest BCUT2D eigenvalue weighted by Crippen LogP contribution is 2.07. The number of carbonyl (C=O) groups is 6. The minimum absolute atomic E-state index is 0.0264. The predicted octanol–water partition coefficient (Wildman–Crippen LogP) is -3.71. The monoisotopic (exact) mass is 563 g/mol. The maximum absolute atomic E-state index is 13.1. The maximum atomic E-state index is 13.1. The van der Waals surface area contributed by atoms with Gasteiger partial charge in [0.05, 0.1) is 12.5 Å². The Morgan fingerprint density at radius 3 is 1.90 bits per heavy atom. The first-order valence-electron chi connectivity index (χ1n) is 12.4. The van der Waals surface area contributed by atoms with Crippen LogP contribution in [0.3, 0.4) is 0 Å². The lowest BCUT2D eigenvalue weighted by molar-refractivity contribution is -0.142. The number of carbonyl (C=O) groups excluding carboxylic acids is 5. The Bertz CT molecular complexity index is 1080. The van der Waals surface area contributed by atoms with Crippen molar-refractivity contribution < 1.29 is 33.9 Å². The van der Waals surface area contributed by atoms with Crippen LogP contribution in [0.4, 0.5) is 0 Å². The van der Waals surface area contributed by atoms with Crippen molar-refractivity contribution in [2.45, 2.75) is 62.7 Å². The van der Waals surface area contributed by atoms with E-state index in [0.29, 0.717) is 5.56 Å². The first-order valence-corrected chi connectivity index (χ1v) is 12.4. The molecule has 220 valence electrons. The van der Waals surface area contributed by atoms with E-state index >= 15 is 0 Å². The van der Waals surface area contributed by atoms with Gasteiger partial charge < -0.3 is 49.7 Å². The van der Waals surface area contributed by atoms with E-state index in [0.717, 1.165) is 0 Å². The van der Waals surface area contributed by atoms with Gasteiger partial charge in [-0.3, -0.25) is 29.0 Å². The van der Waals surface area contributed by atoms with Crippen LogP contribution >= 0.6 is 0 Å². The van der Waals surface area contributed by atoms with Gasteiger partial charge in [0.1, 0.15) is 18.1 Å². The van der Waals surface area contributed by atoms with Gasteiger partial charge in [0, 0.05) is 19.4 Å². The van der Waals surface area contributed by atoms with Gasteiger partial charge in [-0.05, 0) is 24.8 Å². The van der Waals surface area contributed by atoms with E-state index in [1.165, 1.54) is 0 Å². The van der Waals surface area contributed by atoms with Crippen LogP contribution in [0.15, 0.2) is 35.3 Å². The lowest BCUT2D eigenvalue weighted by atomic mass is 10.0. The zero-order valence-corrected chi connectivity index (χ0v) is 21.9. The van der Waals surface area contributed by atoms with Crippen molar-refractivity contribution >= 4 is 41.5 Å². The lowest BCUT2D eigenvalue weighted by Gasteiger charge is -2.25. The standard InChI is InChI=1S/C24H37N9O7/c25-14(8-9-18(26)34)20(36)32-16(12-19(27)35)22(38)31-15(7-4-10-30-24(28)29)21(37)33-17(23(39)40)11-13-5-2-1-3-6-13/h1-3,5-6,14-17H,4,7-12,25H2,(H2,26,34)(H2,27,35)(H,31,38)(H,32,36)(H,33,37)(H,39,40)(H4,28,29,30). The predicted molar refractivity (Wildman–Crippen MR) is 144 cm³/mol. The summed E-state index contributed by atoms with van der Waals surface area (Å²) < 4.78 is 0. The van der Waals surface area contributed by atoms with Crippen LogP contribution in [0.25, 0.3) is 0 Å². The Kier molecular flexibility index (Phi) is 14.1. The van der Waals surface area contributed by atoms with Crippen LogP contribution in [0.5, 0.6) is 0 Å². The number of carboxylic acids is 1. The Morgan fingerprint density at radius 1 is 0.775 bits per heavy atom. The minimum atomic E-state index is -1.52. The molecule has 0 spiro atoms. The molecule has 40 heavy (non-hydrogen) atoms. The Labute approximate surface area is 230 Å². The molecular formula is C24H37N9O7. The van der Waals surface area contributed by atoms with Crippen molar-refractivity contribution in [1.29, 1.82) is 0 Å². The number of hydrogen-bond acceptors (Lipinski definition) is 8. The van der Waals surface area contributed by atoms with E-state index in [-0.39, 0.29) is 44.6 Å². The van der Waals surface area contributed by atoms with Gasteiger partial charge in [0.25, 0.3) is 0 Å². The first-order chi connectivity index (χ1) is 18.8. The Morgan fingerprint density at radius 2 is 1.35 bits per heavy atom. The molecule has 1 aromatic carbocycles. The fourth-order valence-corrected chi connectivity index (χ4v) is 3.48. The van der Waals surface area contributed by atoms with Crippen LogP contribution < -0.4 is 44.6 Å². The normalized spacial score (nSPS) is 13.5. The van der Waals surface area contributed by atoms with Gasteiger partial charge in [-0.2, -0.15) is 0 Å². The average molecular weight is 564 g/mol. The quantitative estimate of drug-likeness (QED) is 0.0478. The third-order valence-electron chi connectivity index (χ3n) is 5.55. The lowest BCUT2D eigenvalue weighted by Crippen LogP contribution is -2.58. The Hall–Kier alpha value is -4.73. The summed E-state index contributed by atoms with van der Waals surface area (Å²) in [6.45, 7) is 0.102.